The number of aliphatic imine (C=N–C) groups is 1. The molecule has 0 atom stereocenters. The van der Waals surface area contributed by atoms with Crippen LogP contribution >= 0.6 is 0 Å². The summed E-state index contributed by atoms with van der Waals surface area (Å²) in [5.74, 6) is 0.483. The van der Waals surface area contributed by atoms with Crippen molar-refractivity contribution in [1.82, 2.24) is 15.3 Å². The van der Waals surface area contributed by atoms with Gasteiger partial charge in [0.1, 0.15) is 0 Å². The fourth-order valence-electron chi connectivity index (χ4n) is 0.850. The number of nitrogens with two attached hydrogens (primary N) is 1. The van der Waals surface area contributed by atoms with Crippen molar-refractivity contribution in [1.29, 1.82) is 0 Å². The molecule has 4 N–H and O–H groups in total. The number of guanidine groups is 1. The molecule has 0 aliphatic heterocycles. The van der Waals surface area contributed by atoms with Crippen molar-refractivity contribution in [3.8, 4) is 0 Å². The molecule has 0 saturated heterocycles. The van der Waals surface area contributed by atoms with Crippen LogP contribution in [0.15, 0.2) is 17.5 Å². The van der Waals surface area contributed by atoms with Gasteiger partial charge in [-0.15, -0.1) is 0 Å². The molecular formula is C8H15N5. The standard InChI is InChI=1S/C8H15N5/c1-2-3-11-8(9)12-5-7-4-10-6-13-7/h4,6H,2-3,5H2,1H3,(H,10,13)(H3,9,11,12). The van der Waals surface area contributed by atoms with Gasteiger partial charge in [-0.05, 0) is 6.42 Å². The zero-order valence-corrected chi connectivity index (χ0v) is 7.75. The highest BCUT2D eigenvalue weighted by Crippen LogP contribution is 1.92. The Bertz CT molecular complexity index is 252. The van der Waals surface area contributed by atoms with Crippen LogP contribution in [0, 0.1) is 0 Å². The van der Waals surface area contributed by atoms with Crippen molar-refractivity contribution >= 4 is 5.96 Å². The van der Waals surface area contributed by atoms with E-state index in [0.717, 1.165) is 18.7 Å². The molecule has 0 aromatic carbocycles. The lowest BCUT2D eigenvalue weighted by molar-refractivity contribution is 0.823. The van der Waals surface area contributed by atoms with Crippen molar-refractivity contribution in [2.24, 2.45) is 10.7 Å². The fourth-order valence-corrected chi connectivity index (χ4v) is 0.850. The average molecular weight is 181 g/mol. The molecule has 0 fully saturated rings. The van der Waals surface area contributed by atoms with Crippen molar-refractivity contribution < 1.29 is 0 Å². The molecule has 5 nitrogen and oxygen atoms in total. The number of nitrogens with zero attached hydrogens (tertiary/aromatic N) is 2. The molecular weight excluding hydrogens is 166 g/mol. The molecule has 13 heavy (non-hydrogen) atoms. The Morgan fingerprint density at radius 2 is 2.62 bits per heavy atom. The summed E-state index contributed by atoms with van der Waals surface area (Å²) >= 11 is 0. The summed E-state index contributed by atoms with van der Waals surface area (Å²) in [6.45, 7) is 3.48. The minimum absolute atomic E-state index is 0.483. The SMILES string of the molecule is CCCNC(N)=NCc1cnc[nH]1. The molecule has 1 aromatic rings. The maximum absolute atomic E-state index is 5.58. The minimum Gasteiger partial charge on any atom is -0.370 e. The van der Waals surface area contributed by atoms with Gasteiger partial charge in [-0.2, -0.15) is 0 Å². The maximum atomic E-state index is 5.58. The monoisotopic (exact) mass is 181 g/mol. The lowest BCUT2D eigenvalue weighted by atomic mass is 10.5. The highest BCUT2D eigenvalue weighted by atomic mass is 15.1. The van der Waals surface area contributed by atoms with Gasteiger partial charge in [0, 0.05) is 12.7 Å². The van der Waals surface area contributed by atoms with Gasteiger partial charge < -0.3 is 16.0 Å². The van der Waals surface area contributed by atoms with Gasteiger partial charge >= 0.3 is 0 Å². The third kappa shape index (κ3) is 3.59. The van der Waals surface area contributed by atoms with Crippen LogP contribution in [-0.4, -0.2) is 22.5 Å². The van der Waals surface area contributed by atoms with Gasteiger partial charge in [0.05, 0.1) is 18.6 Å². The minimum atomic E-state index is 0.483. The van der Waals surface area contributed by atoms with Crippen LogP contribution in [0.5, 0.6) is 0 Å². The summed E-state index contributed by atoms with van der Waals surface area (Å²) in [5, 5.41) is 2.99. The second-order valence-electron chi connectivity index (χ2n) is 2.71. The van der Waals surface area contributed by atoms with E-state index in [-0.39, 0.29) is 0 Å². The van der Waals surface area contributed by atoms with E-state index in [1.165, 1.54) is 0 Å². The molecule has 1 aromatic heterocycles. The Kier molecular flexibility index (Phi) is 3.81. The van der Waals surface area contributed by atoms with Crippen LogP contribution in [0.1, 0.15) is 19.0 Å². The smallest absolute Gasteiger partial charge is 0.188 e. The highest BCUT2D eigenvalue weighted by molar-refractivity contribution is 5.77. The second kappa shape index (κ2) is 5.18. The zero-order chi connectivity index (χ0) is 9.52. The van der Waals surface area contributed by atoms with Gasteiger partial charge in [0.15, 0.2) is 5.96 Å². The molecule has 72 valence electrons. The van der Waals surface area contributed by atoms with Crippen LogP contribution in [0.3, 0.4) is 0 Å². The molecule has 0 bridgehead atoms. The molecule has 5 heteroatoms. The summed E-state index contributed by atoms with van der Waals surface area (Å²) in [7, 11) is 0. The van der Waals surface area contributed by atoms with Crippen LogP contribution < -0.4 is 11.1 Å². The number of hydrogen-bond donors (Lipinski definition) is 3. The topological polar surface area (TPSA) is 79.1 Å². The third-order valence-corrected chi connectivity index (χ3v) is 1.53. The Balaban J connectivity index is 2.30. The first-order valence-electron chi connectivity index (χ1n) is 4.34. The van der Waals surface area contributed by atoms with E-state index in [9.17, 15) is 0 Å². The van der Waals surface area contributed by atoms with Gasteiger partial charge in [-0.1, -0.05) is 6.92 Å². The molecule has 1 rings (SSSR count). The van der Waals surface area contributed by atoms with Crippen LogP contribution in [0.2, 0.25) is 0 Å². The van der Waals surface area contributed by atoms with E-state index in [4.69, 9.17) is 5.73 Å². The van der Waals surface area contributed by atoms with E-state index in [1.807, 2.05) is 0 Å². The quantitative estimate of drug-likeness (QED) is 0.459. The molecule has 0 saturated carbocycles. The summed E-state index contributed by atoms with van der Waals surface area (Å²) in [6, 6.07) is 0. The van der Waals surface area contributed by atoms with Crippen LogP contribution in [0.25, 0.3) is 0 Å². The Morgan fingerprint density at radius 3 is 3.23 bits per heavy atom. The van der Waals surface area contributed by atoms with Gasteiger partial charge in [-0.25, -0.2) is 9.98 Å². The number of hydrogen-bond acceptors (Lipinski definition) is 2. The van der Waals surface area contributed by atoms with Crippen molar-refractivity contribution in [3.05, 3.63) is 18.2 Å². The number of aromatic nitrogens is 2. The largest absolute Gasteiger partial charge is 0.370 e. The van der Waals surface area contributed by atoms with E-state index >= 15 is 0 Å². The van der Waals surface area contributed by atoms with Crippen molar-refractivity contribution in [3.63, 3.8) is 0 Å². The summed E-state index contributed by atoms with van der Waals surface area (Å²) in [5.41, 5.74) is 6.54. The Hall–Kier alpha value is -1.52. The average Bonchev–Trinajstić information content (AvgIpc) is 2.64. The van der Waals surface area contributed by atoms with Gasteiger partial charge in [0.2, 0.25) is 0 Å². The molecule has 0 unspecified atom stereocenters. The van der Waals surface area contributed by atoms with E-state index < -0.39 is 0 Å². The number of nitrogens with one attached hydrogen (secondary N) is 2. The van der Waals surface area contributed by atoms with Crippen LogP contribution in [-0.2, 0) is 6.54 Å². The molecule has 0 aliphatic rings. The molecule has 0 aliphatic carbocycles. The van der Waals surface area contributed by atoms with E-state index in [2.05, 4.69) is 27.2 Å². The summed E-state index contributed by atoms with van der Waals surface area (Å²) in [6.07, 6.45) is 4.40. The predicted molar refractivity (Wildman–Crippen MR) is 52.2 cm³/mol. The highest BCUT2D eigenvalue weighted by Gasteiger charge is 1.92. The lowest BCUT2D eigenvalue weighted by Gasteiger charge is -2.01. The summed E-state index contributed by atoms with van der Waals surface area (Å²) in [4.78, 5) is 10.9. The van der Waals surface area contributed by atoms with E-state index in [0.29, 0.717) is 12.5 Å². The van der Waals surface area contributed by atoms with Crippen LogP contribution in [0.4, 0.5) is 0 Å². The number of imidazole rings is 1. The zero-order valence-electron chi connectivity index (χ0n) is 7.75. The lowest BCUT2D eigenvalue weighted by Crippen LogP contribution is -2.32. The fraction of sp³-hybridized carbons (Fsp3) is 0.500. The first-order chi connectivity index (χ1) is 6.33. The van der Waals surface area contributed by atoms with Gasteiger partial charge in [-0.3, -0.25) is 0 Å². The Morgan fingerprint density at radius 1 is 1.77 bits per heavy atom. The second-order valence-corrected chi connectivity index (χ2v) is 2.71. The Labute approximate surface area is 77.5 Å². The maximum Gasteiger partial charge on any atom is 0.188 e. The number of rotatable bonds is 4. The molecule has 0 amide bonds. The number of H-pyrrole nitrogens is 1. The van der Waals surface area contributed by atoms with Gasteiger partial charge in [0.25, 0.3) is 0 Å². The van der Waals surface area contributed by atoms with Crippen molar-refractivity contribution in [2.75, 3.05) is 6.54 Å². The molecule has 0 spiro atoms. The third-order valence-electron chi connectivity index (χ3n) is 1.53. The first-order valence-corrected chi connectivity index (χ1v) is 4.34. The normalized spacial score (nSPS) is 11.6. The number of aromatic amines is 1. The van der Waals surface area contributed by atoms with Crippen molar-refractivity contribution in [2.45, 2.75) is 19.9 Å². The first kappa shape index (κ1) is 9.57. The summed E-state index contributed by atoms with van der Waals surface area (Å²) < 4.78 is 0. The predicted octanol–water partition coefficient (Wildman–Crippen LogP) is 0.224. The molecule has 0 radical (unpaired) electrons. The van der Waals surface area contributed by atoms with E-state index in [1.54, 1.807) is 12.5 Å². The molecule has 1 heterocycles.